The number of nitrogens with zero attached hydrogens (tertiary/aromatic N) is 2. The van der Waals surface area contributed by atoms with Gasteiger partial charge in [0.1, 0.15) is 5.01 Å². The van der Waals surface area contributed by atoms with Crippen molar-refractivity contribution in [2.45, 2.75) is 32.5 Å². The molecule has 1 atom stereocenters. The van der Waals surface area contributed by atoms with Gasteiger partial charge in [-0.15, -0.1) is 11.3 Å². The van der Waals surface area contributed by atoms with E-state index in [1.54, 1.807) is 0 Å². The molecule has 1 amide bonds. The van der Waals surface area contributed by atoms with Crippen LogP contribution in [0.25, 0.3) is 10.6 Å². The number of alkyl halides is 3. The third-order valence-electron chi connectivity index (χ3n) is 4.62. The molecule has 0 radical (unpaired) electrons. The number of aromatic nitrogens is 1. The molecule has 0 aliphatic carbocycles. The summed E-state index contributed by atoms with van der Waals surface area (Å²) in [6.07, 6.45) is -3.00. The van der Waals surface area contributed by atoms with E-state index in [1.165, 1.54) is 16.2 Å². The highest BCUT2D eigenvalue weighted by Crippen LogP contribution is 2.28. The van der Waals surface area contributed by atoms with E-state index in [0.29, 0.717) is 25.9 Å². The summed E-state index contributed by atoms with van der Waals surface area (Å²) in [7, 11) is 0. The average Bonchev–Trinajstić information content (AvgIpc) is 3.00. The van der Waals surface area contributed by atoms with Gasteiger partial charge in [-0.2, -0.15) is 13.2 Å². The number of hydrogen-bond donors (Lipinski definition) is 1. The molecule has 0 saturated carbocycles. The molecule has 0 spiro atoms. The Labute approximate surface area is 160 Å². The molecule has 1 N–H and O–H groups in total. The molecule has 1 aromatic heterocycles. The van der Waals surface area contributed by atoms with Crippen LogP contribution in [0.1, 0.15) is 23.4 Å². The number of carbonyl (C=O) groups excluding carboxylic acids is 1. The highest BCUT2D eigenvalue weighted by molar-refractivity contribution is 7.15. The molecule has 1 aromatic carbocycles. The lowest BCUT2D eigenvalue weighted by atomic mass is 9.97. The summed E-state index contributed by atoms with van der Waals surface area (Å²) in [5.74, 6) is -0.584. The summed E-state index contributed by atoms with van der Waals surface area (Å²) in [5.41, 5.74) is 1.89. The Balaban J connectivity index is 1.57. The summed E-state index contributed by atoms with van der Waals surface area (Å²) < 4.78 is 37.7. The molecule has 0 bridgehead atoms. The van der Waals surface area contributed by atoms with Crippen molar-refractivity contribution >= 4 is 17.2 Å². The first-order chi connectivity index (χ1) is 12.8. The number of likely N-dealkylation sites (tertiary alicyclic amines) is 1. The molecule has 4 nitrogen and oxygen atoms in total. The maximum atomic E-state index is 12.6. The quantitative estimate of drug-likeness (QED) is 0.829. The SMILES string of the molecule is Cc1nc(-c2ccccc2)sc1CNC(=O)[C@@H]1CCCN(CC(F)(F)F)C1. The van der Waals surface area contributed by atoms with Crippen LogP contribution in [-0.2, 0) is 11.3 Å². The Bertz CT molecular complexity index is 776. The molecular formula is C19H22F3N3OS. The van der Waals surface area contributed by atoms with E-state index < -0.39 is 18.6 Å². The first-order valence-electron chi connectivity index (χ1n) is 8.90. The Morgan fingerprint density at radius 2 is 2.07 bits per heavy atom. The van der Waals surface area contributed by atoms with Crippen molar-refractivity contribution in [3.05, 3.63) is 40.9 Å². The standard InChI is InChI=1S/C19H22F3N3OS/c1-13-16(27-18(24-13)14-6-3-2-4-7-14)10-23-17(26)15-8-5-9-25(11-15)12-19(20,21)22/h2-4,6-7,15H,5,8-12H2,1H3,(H,23,26)/t15-/m1/s1. The lowest BCUT2D eigenvalue weighted by Crippen LogP contribution is -2.45. The fraction of sp³-hybridized carbons (Fsp3) is 0.474. The Morgan fingerprint density at radius 3 is 2.78 bits per heavy atom. The van der Waals surface area contributed by atoms with E-state index in [0.717, 1.165) is 21.1 Å². The molecule has 8 heteroatoms. The molecule has 1 aliphatic heterocycles. The molecule has 2 heterocycles. The van der Waals surface area contributed by atoms with E-state index >= 15 is 0 Å². The normalized spacial score (nSPS) is 18.4. The van der Waals surface area contributed by atoms with Gasteiger partial charge in [-0.3, -0.25) is 9.69 Å². The minimum absolute atomic E-state index is 0.155. The second kappa shape index (κ2) is 8.39. The van der Waals surface area contributed by atoms with Crippen molar-refractivity contribution < 1.29 is 18.0 Å². The highest BCUT2D eigenvalue weighted by Gasteiger charge is 2.34. The molecular weight excluding hydrogens is 375 g/mol. The van der Waals surface area contributed by atoms with Gasteiger partial charge >= 0.3 is 6.18 Å². The number of halogens is 3. The maximum Gasteiger partial charge on any atom is 0.401 e. The van der Waals surface area contributed by atoms with Crippen molar-refractivity contribution in [2.75, 3.05) is 19.6 Å². The van der Waals surface area contributed by atoms with Gasteiger partial charge < -0.3 is 5.32 Å². The van der Waals surface area contributed by atoms with Crippen molar-refractivity contribution in [1.29, 1.82) is 0 Å². The number of hydrogen-bond acceptors (Lipinski definition) is 4. The number of carbonyl (C=O) groups is 1. The van der Waals surface area contributed by atoms with Crippen molar-refractivity contribution in [2.24, 2.45) is 5.92 Å². The predicted molar refractivity (Wildman–Crippen MR) is 99.4 cm³/mol. The number of amides is 1. The largest absolute Gasteiger partial charge is 0.401 e. The summed E-state index contributed by atoms with van der Waals surface area (Å²) in [4.78, 5) is 19.3. The van der Waals surface area contributed by atoms with Crippen LogP contribution in [0.3, 0.4) is 0 Å². The summed E-state index contributed by atoms with van der Waals surface area (Å²) in [5, 5.41) is 3.78. The van der Waals surface area contributed by atoms with Crippen LogP contribution in [0.15, 0.2) is 30.3 Å². The van der Waals surface area contributed by atoms with Gasteiger partial charge in [0, 0.05) is 17.0 Å². The van der Waals surface area contributed by atoms with Crippen LogP contribution in [0.4, 0.5) is 13.2 Å². The third kappa shape index (κ3) is 5.52. The third-order valence-corrected chi connectivity index (χ3v) is 5.82. The van der Waals surface area contributed by atoms with Gasteiger partial charge in [0.2, 0.25) is 5.91 Å². The van der Waals surface area contributed by atoms with Crippen molar-refractivity contribution in [3.63, 3.8) is 0 Å². The van der Waals surface area contributed by atoms with Gasteiger partial charge in [0.05, 0.1) is 24.7 Å². The van der Waals surface area contributed by atoms with Crippen molar-refractivity contribution in [3.8, 4) is 10.6 Å². The minimum Gasteiger partial charge on any atom is -0.351 e. The molecule has 146 valence electrons. The molecule has 3 rings (SSSR count). The Morgan fingerprint density at radius 1 is 1.33 bits per heavy atom. The van der Waals surface area contributed by atoms with E-state index in [4.69, 9.17) is 0 Å². The summed E-state index contributed by atoms with van der Waals surface area (Å²) in [6, 6.07) is 9.81. The van der Waals surface area contributed by atoms with Gasteiger partial charge in [-0.25, -0.2) is 4.98 Å². The number of piperidine rings is 1. The van der Waals surface area contributed by atoms with E-state index in [1.807, 2.05) is 37.3 Å². The van der Waals surface area contributed by atoms with Crippen LogP contribution in [0.2, 0.25) is 0 Å². The van der Waals surface area contributed by atoms with E-state index in [-0.39, 0.29) is 12.5 Å². The van der Waals surface area contributed by atoms with Gasteiger partial charge in [0.15, 0.2) is 0 Å². The molecule has 0 unspecified atom stereocenters. The van der Waals surface area contributed by atoms with Crippen LogP contribution in [0.5, 0.6) is 0 Å². The van der Waals surface area contributed by atoms with Crippen LogP contribution in [-0.4, -0.2) is 41.6 Å². The molecule has 1 fully saturated rings. The van der Waals surface area contributed by atoms with Crippen LogP contribution < -0.4 is 5.32 Å². The number of aryl methyl sites for hydroxylation is 1. The molecule has 2 aromatic rings. The van der Waals surface area contributed by atoms with Crippen LogP contribution >= 0.6 is 11.3 Å². The minimum atomic E-state index is -4.23. The zero-order valence-electron chi connectivity index (χ0n) is 15.1. The lowest BCUT2D eigenvalue weighted by Gasteiger charge is -2.32. The zero-order valence-corrected chi connectivity index (χ0v) is 15.9. The summed E-state index contributed by atoms with van der Waals surface area (Å²) >= 11 is 1.52. The first-order valence-corrected chi connectivity index (χ1v) is 9.72. The zero-order chi connectivity index (χ0) is 19.4. The van der Waals surface area contributed by atoms with Gasteiger partial charge in [-0.05, 0) is 26.3 Å². The van der Waals surface area contributed by atoms with Gasteiger partial charge in [-0.1, -0.05) is 30.3 Å². The first kappa shape index (κ1) is 19.8. The topological polar surface area (TPSA) is 45.2 Å². The smallest absolute Gasteiger partial charge is 0.351 e. The van der Waals surface area contributed by atoms with Crippen molar-refractivity contribution in [1.82, 2.24) is 15.2 Å². The predicted octanol–water partition coefficient (Wildman–Crippen LogP) is 4.01. The maximum absolute atomic E-state index is 12.6. The summed E-state index contributed by atoms with van der Waals surface area (Å²) in [6.45, 7) is 1.84. The highest BCUT2D eigenvalue weighted by atomic mass is 32.1. The second-order valence-electron chi connectivity index (χ2n) is 6.80. The number of rotatable bonds is 5. The van der Waals surface area contributed by atoms with E-state index in [2.05, 4.69) is 10.3 Å². The number of nitrogens with one attached hydrogen (secondary N) is 1. The van der Waals surface area contributed by atoms with Gasteiger partial charge in [0.25, 0.3) is 0 Å². The Hall–Kier alpha value is -1.93. The average molecular weight is 397 g/mol. The molecule has 27 heavy (non-hydrogen) atoms. The molecule has 1 saturated heterocycles. The Kier molecular flexibility index (Phi) is 6.16. The molecule has 1 aliphatic rings. The fourth-order valence-corrected chi connectivity index (χ4v) is 4.28. The lowest BCUT2D eigenvalue weighted by molar-refractivity contribution is -0.152. The number of thiazole rings is 1. The van der Waals surface area contributed by atoms with Crippen LogP contribution in [0, 0.1) is 12.8 Å². The second-order valence-corrected chi connectivity index (χ2v) is 7.88. The van der Waals surface area contributed by atoms with E-state index in [9.17, 15) is 18.0 Å². The monoisotopic (exact) mass is 397 g/mol. The fourth-order valence-electron chi connectivity index (χ4n) is 3.27. The number of benzene rings is 1.